The van der Waals surface area contributed by atoms with Crippen molar-refractivity contribution in [2.75, 3.05) is 20.1 Å². The second-order valence-electron chi connectivity index (χ2n) is 4.73. The lowest BCUT2D eigenvalue weighted by atomic mass is 10.0. The lowest BCUT2D eigenvalue weighted by Gasteiger charge is -2.32. The van der Waals surface area contributed by atoms with Gasteiger partial charge in [0, 0.05) is 17.6 Å². The Kier molecular flexibility index (Phi) is 4.02. The monoisotopic (exact) mass is 222 g/mol. The van der Waals surface area contributed by atoms with Crippen LogP contribution in [0.2, 0.25) is 0 Å². The van der Waals surface area contributed by atoms with Gasteiger partial charge in [0.2, 0.25) is 0 Å². The van der Waals surface area contributed by atoms with Gasteiger partial charge in [0.1, 0.15) is 0 Å². The Morgan fingerprint density at radius 2 is 2.31 bits per heavy atom. The van der Waals surface area contributed by atoms with Gasteiger partial charge in [-0.15, -0.1) is 0 Å². The molecular formula is C13H22N2O. The molecule has 1 saturated heterocycles. The molecule has 0 saturated carbocycles. The van der Waals surface area contributed by atoms with Crippen LogP contribution in [0, 0.1) is 0 Å². The molecule has 0 bridgehead atoms. The molecule has 0 radical (unpaired) electrons. The van der Waals surface area contributed by atoms with Gasteiger partial charge in [-0.3, -0.25) is 4.90 Å². The first-order chi connectivity index (χ1) is 7.79. The van der Waals surface area contributed by atoms with E-state index in [0.29, 0.717) is 12.1 Å². The van der Waals surface area contributed by atoms with E-state index in [1.807, 2.05) is 6.26 Å². The van der Waals surface area contributed by atoms with Crippen molar-refractivity contribution < 1.29 is 4.42 Å². The van der Waals surface area contributed by atoms with Crippen LogP contribution >= 0.6 is 0 Å². The molecule has 2 heterocycles. The van der Waals surface area contributed by atoms with Crippen LogP contribution in [0.25, 0.3) is 0 Å². The van der Waals surface area contributed by atoms with Crippen LogP contribution in [0.1, 0.15) is 37.8 Å². The maximum Gasteiger partial charge on any atom is 0.0950 e. The molecule has 3 nitrogen and oxygen atoms in total. The fourth-order valence-corrected chi connectivity index (χ4v) is 2.47. The molecular weight excluding hydrogens is 200 g/mol. The van der Waals surface area contributed by atoms with Crippen molar-refractivity contribution in [2.45, 2.75) is 38.3 Å². The van der Waals surface area contributed by atoms with Crippen LogP contribution < -0.4 is 5.32 Å². The summed E-state index contributed by atoms with van der Waals surface area (Å²) in [6.45, 7) is 4.57. The van der Waals surface area contributed by atoms with Crippen molar-refractivity contribution in [2.24, 2.45) is 0 Å². The number of rotatable bonds is 3. The molecule has 0 spiro atoms. The van der Waals surface area contributed by atoms with Crippen LogP contribution in [-0.4, -0.2) is 31.1 Å². The van der Waals surface area contributed by atoms with E-state index in [2.05, 4.69) is 30.3 Å². The van der Waals surface area contributed by atoms with Crippen molar-refractivity contribution in [1.29, 1.82) is 0 Å². The maximum absolute atomic E-state index is 5.16. The molecule has 1 aromatic rings. The standard InChI is InChI=1S/C13H22N2O/c1-11(12-6-9-16-10-12)15(2)13-4-3-7-14-8-5-13/h6,9-11,13-14H,3-5,7-8H2,1-2H3. The van der Waals surface area contributed by atoms with Gasteiger partial charge in [0.25, 0.3) is 0 Å². The average Bonchev–Trinajstić information content (AvgIpc) is 2.70. The third kappa shape index (κ3) is 2.66. The van der Waals surface area contributed by atoms with Gasteiger partial charge in [-0.1, -0.05) is 0 Å². The Morgan fingerprint density at radius 3 is 3.06 bits per heavy atom. The zero-order valence-corrected chi connectivity index (χ0v) is 10.3. The number of nitrogens with zero attached hydrogens (tertiary/aromatic N) is 1. The van der Waals surface area contributed by atoms with E-state index in [0.717, 1.165) is 6.54 Å². The van der Waals surface area contributed by atoms with Gasteiger partial charge >= 0.3 is 0 Å². The highest BCUT2D eigenvalue weighted by Gasteiger charge is 2.22. The summed E-state index contributed by atoms with van der Waals surface area (Å²) in [5.41, 5.74) is 1.28. The van der Waals surface area contributed by atoms with E-state index in [9.17, 15) is 0 Å². The fourth-order valence-electron chi connectivity index (χ4n) is 2.47. The molecule has 1 fully saturated rings. The van der Waals surface area contributed by atoms with Crippen molar-refractivity contribution in [3.63, 3.8) is 0 Å². The molecule has 3 heteroatoms. The SMILES string of the molecule is CC(c1ccoc1)N(C)C1CCCNCC1. The molecule has 0 aliphatic carbocycles. The quantitative estimate of drug-likeness (QED) is 0.851. The predicted octanol–water partition coefficient (Wildman–Crippen LogP) is 2.41. The van der Waals surface area contributed by atoms with E-state index in [1.165, 1.54) is 31.4 Å². The van der Waals surface area contributed by atoms with Crippen molar-refractivity contribution in [1.82, 2.24) is 10.2 Å². The lowest BCUT2D eigenvalue weighted by molar-refractivity contribution is 0.170. The fraction of sp³-hybridized carbons (Fsp3) is 0.692. The zero-order valence-electron chi connectivity index (χ0n) is 10.3. The summed E-state index contributed by atoms with van der Waals surface area (Å²) < 4.78 is 5.16. The second-order valence-corrected chi connectivity index (χ2v) is 4.73. The first-order valence-electron chi connectivity index (χ1n) is 6.24. The smallest absolute Gasteiger partial charge is 0.0950 e. The van der Waals surface area contributed by atoms with E-state index >= 15 is 0 Å². The highest BCUT2D eigenvalue weighted by atomic mass is 16.3. The average molecular weight is 222 g/mol. The number of hydrogen-bond acceptors (Lipinski definition) is 3. The highest BCUT2D eigenvalue weighted by molar-refractivity contribution is 5.10. The third-order valence-electron chi connectivity index (χ3n) is 3.76. The molecule has 1 aliphatic heterocycles. The predicted molar refractivity (Wildman–Crippen MR) is 65.4 cm³/mol. The van der Waals surface area contributed by atoms with Crippen molar-refractivity contribution in [3.05, 3.63) is 24.2 Å². The van der Waals surface area contributed by atoms with E-state index in [1.54, 1.807) is 6.26 Å². The third-order valence-corrected chi connectivity index (χ3v) is 3.76. The summed E-state index contributed by atoms with van der Waals surface area (Å²) in [6.07, 6.45) is 7.45. The van der Waals surface area contributed by atoms with Gasteiger partial charge in [-0.05, 0) is 52.4 Å². The molecule has 2 rings (SSSR count). The van der Waals surface area contributed by atoms with Crippen LogP contribution in [0.5, 0.6) is 0 Å². The molecule has 0 amide bonds. The van der Waals surface area contributed by atoms with Crippen LogP contribution in [0.4, 0.5) is 0 Å². The summed E-state index contributed by atoms with van der Waals surface area (Å²) >= 11 is 0. The molecule has 0 aromatic carbocycles. The highest BCUT2D eigenvalue weighted by Crippen LogP contribution is 2.24. The van der Waals surface area contributed by atoms with E-state index < -0.39 is 0 Å². The number of furan rings is 1. The van der Waals surface area contributed by atoms with Crippen LogP contribution in [0.3, 0.4) is 0 Å². The van der Waals surface area contributed by atoms with Crippen LogP contribution in [-0.2, 0) is 0 Å². The second kappa shape index (κ2) is 5.51. The molecule has 90 valence electrons. The van der Waals surface area contributed by atoms with E-state index in [-0.39, 0.29) is 0 Å². The van der Waals surface area contributed by atoms with Gasteiger partial charge in [-0.2, -0.15) is 0 Å². The number of hydrogen-bond donors (Lipinski definition) is 1. The Labute approximate surface area is 97.8 Å². The van der Waals surface area contributed by atoms with E-state index in [4.69, 9.17) is 4.42 Å². The van der Waals surface area contributed by atoms with Crippen molar-refractivity contribution in [3.8, 4) is 0 Å². The summed E-state index contributed by atoms with van der Waals surface area (Å²) in [6, 6.07) is 3.21. The topological polar surface area (TPSA) is 28.4 Å². The normalized spacial score (nSPS) is 24.3. The molecule has 1 aromatic heterocycles. The maximum atomic E-state index is 5.16. The molecule has 16 heavy (non-hydrogen) atoms. The van der Waals surface area contributed by atoms with Gasteiger partial charge < -0.3 is 9.73 Å². The van der Waals surface area contributed by atoms with Crippen molar-refractivity contribution >= 4 is 0 Å². The minimum absolute atomic E-state index is 0.446. The lowest BCUT2D eigenvalue weighted by Crippen LogP contribution is -2.34. The van der Waals surface area contributed by atoms with Crippen LogP contribution in [0.15, 0.2) is 23.0 Å². The summed E-state index contributed by atoms with van der Waals surface area (Å²) in [7, 11) is 2.23. The Bertz CT molecular complexity index is 289. The summed E-state index contributed by atoms with van der Waals surface area (Å²) in [5.74, 6) is 0. The Hall–Kier alpha value is -0.800. The minimum Gasteiger partial charge on any atom is -0.472 e. The number of nitrogens with one attached hydrogen (secondary N) is 1. The Morgan fingerprint density at radius 1 is 1.44 bits per heavy atom. The zero-order chi connectivity index (χ0) is 11.4. The van der Waals surface area contributed by atoms with Gasteiger partial charge in [0.05, 0.1) is 12.5 Å². The molecule has 1 aliphatic rings. The Balaban J connectivity index is 1.97. The molecule has 2 unspecified atom stereocenters. The largest absolute Gasteiger partial charge is 0.472 e. The first-order valence-corrected chi connectivity index (χ1v) is 6.24. The van der Waals surface area contributed by atoms with Gasteiger partial charge in [-0.25, -0.2) is 0 Å². The minimum atomic E-state index is 0.446. The first kappa shape index (κ1) is 11.7. The van der Waals surface area contributed by atoms with Gasteiger partial charge in [0.15, 0.2) is 0 Å². The molecule has 2 atom stereocenters. The molecule has 1 N–H and O–H groups in total. The summed E-state index contributed by atoms with van der Waals surface area (Å²) in [5, 5.41) is 3.46. The summed E-state index contributed by atoms with van der Waals surface area (Å²) in [4.78, 5) is 2.48.